The second kappa shape index (κ2) is 6.66. The number of likely N-dealkylation sites (tertiary alicyclic amines) is 1. The fourth-order valence-corrected chi connectivity index (χ4v) is 5.16. The number of pyridine rings is 1. The van der Waals surface area contributed by atoms with Crippen LogP contribution < -0.4 is 0 Å². The van der Waals surface area contributed by atoms with Gasteiger partial charge in [-0.05, 0) is 11.6 Å². The molecule has 3 fully saturated rings. The van der Waals surface area contributed by atoms with Crippen molar-refractivity contribution in [1.29, 1.82) is 0 Å². The monoisotopic (exact) mass is 396 g/mol. The van der Waals surface area contributed by atoms with Crippen molar-refractivity contribution < 1.29 is 19.1 Å². The lowest BCUT2D eigenvalue weighted by atomic mass is 9.76. The first kappa shape index (κ1) is 18.3. The standard InChI is InChI=1S/C21H24N4O4/c1-14(26)23-7-9-24(10-8-23)19(27)17-16-4-5-21(29-16)13-25(20(28)18(17)21)12-15-3-2-6-22-11-15/h2-6,11,16-18H,7-10,12-13H2,1H3/t16-,17+,18-,21-/m0/s1. The van der Waals surface area contributed by atoms with Crippen molar-refractivity contribution in [1.82, 2.24) is 19.7 Å². The molecule has 0 N–H and O–H groups in total. The Balaban J connectivity index is 1.34. The number of piperazine rings is 1. The van der Waals surface area contributed by atoms with Gasteiger partial charge in [0, 0.05) is 52.0 Å². The van der Waals surface area contributed by atoms with Crippen molar-refractivity contribution in [2.24, 2.45) is 11.8 Å². The summed E-state index contributed by atoms with van der Waals surface area (Å²) in [6.07, 6.45) is 7.02. The molecule has 4 aliphatic heterocycles. The van der Waals surface area contributed by atoms with Crippen LogP contribution in [0, 0.1) is 11.8 Å². The Labute approximate surface area is 169 Å². The second-order valence-electron chi connectivity index (χ2n) is 8.29. The lowest BCUT2D eigenvalue weighted by Crippen LogP contribution is -2.54. The average molecular weight is 396 g/mol. The summed E-state index contributed by atoms with van der Waals surface area (Å²) in [6, 6.07) is 3.79. The number of ether oxygens (including phenoxy) is 1. The first-order chi connectivity index (χ1) is 14.0. The highest BCUT2D eigenvalue weighted by molar-refractivity contribution is 5.93. The molecule has 0 saturated carbocycles. The van der Waals surface area contributed by atoms with Gasteiger partial charge in [-0.15, -0.1) is 0 Å². The fraction of sp³-hybridized carbons (Fsp3) is 0.524. The van der Waals surface area contributed by atoms with Gasteiger partial charge in [0.05, 0.1) is 24.5 Å². The van der Waals surface area contributed by atoms with Gasteiger partial charge in [0.1, 0.15) is 5.60 Å². The maximum atomic E-state index is 13.3. The van der Waals surface area contributed by atoms with Gasteiger partial charge in [-0.2, -0.15) is 0 Å². The summed E-state index contributed by atoms with van der Waals surface area (Å²) >= 11 is 0. The van der Waals surface area contributed by atoms with Crippen molar-refractivity contribution in [2.45, 2.75) is 25.2 Å². The molecule has 0 unspecified atom stereocenters. The molecule has 0 aliphatic carbocycles. The maximum Gasteiger partial charge on any atom is 0.230 e. The van der Waals surface area contributed by atoms with Gasteiger partial charge in [-0.25, -0.2) is 0 Å². The van der Waals surface area contributed by atoms with Gasteiger partial charge < -0.3 is 19.4 Å². The topological polar surface area (TPSA) is 83.1 Å². The van der Waals surface area contributed by atoms with Gasteiger partial charge in [0.2, 0.25) is 17.7 Å². The fourth-order valence-electron chi connectivity index (χ4n) is 5.16. The van der Waals surface area contributed by atoms with Crippen LogP contribution in [0.15, 0.2) is 36.7 Å². The number of nitrogens with zero attached hydrogens (tertiary/aromatic N) is 4. The summed E-state index contributed by atoms with van der Waals surface area (Å²) in [5, 5.41) is 0. The third-order valence-electron chi connectivity index (χ3n) is 6.60. The molecule has 1 aromatic rings. The zero-order valence-corrected chi connectivity index (χ0v) is 16.4. The normalized spacial score (nSPS) is 32.8. The number of fused-ring (bicyclic) bond motifs is 1. The number of rotatable bonds is 3. The number of carbonyl (C=O) groups excluding carboxylic acids is 3. The van der Waals surface area contributed by atoms with Gasteiger partial charge in [-0.3, -0.25) is 19.4 Å². The molecule has 152 valence electrons. The Morgan fingerprint density at radius 2 is 2.00 bits per heavy atom. The SMILES string of the molecule is CC(=O)N1CCN(C(=O)[C@@H]2[C@@H]3C=C[C@@]4(CN(Cc5cccnc5)C(=O)[C@H]24)O3)CC1. The highest BCUT2D eigenvalue weighted by atomic mass is 16.5. The maximum absolute atomic E-state index is 13.3. The summed E-state index contributed by atoms with van der Waals surface area (Å²) in [4.78, 5) is 47.6. The van der Waals surface area contributed by atoms with Gasteiger partial charge in [0.25, 0.3) is 0 Å². The molecule has 0 radical (unpaired) electrons. The lowest BCUT2D eigenvalue weighted by molar-refractivity contribution is -0.146. The van der Waals surface area contributed by atoms with E-state index in [1.54, 1.807) is 34.0 Å². The van der Waals surface area contributed by atoms with Crippen molar-refractivity contribution in [3.63, 3.8) is 0 Å². The number of aromatic nitrogens is 1. The van der Waals surface area contributed by atoms with E-state index < -0.39 is 17.4 Å². The molecule has 29 heavy (non-hydrogen) atoms. The van der Waals surface area contributed by atoms with E-state index in [0.717, 1.165) is 5.56 Å². The van der Waals surface area contributed by atoms with E-state index in [0.29, 0.717) is 39.3 Å². The number of carbonyl (C=O) groups is 3. The summed E-state index contributed by atoms with van der Waals surface area (Å²) in [6.45, 7) is 4.53. The summed E-state index contributed by atoms with van der Waals surface area (Å²) in [5.74, 6) is -1.01. The minimum atomic E-state index is -0.703. The van der Waals surface area contributed by atoms with Gasteiger partial charge in [-0.1, -0.05) is 18.2 Å². The van der Waals surface area contributed by atoms with E-state index >= 15 is 0 Å². The summed E-state index contributed by atoms with van der Waals surface area (Å²) in [5.41, 5.74) is 0.255. The largest absolute Gasteiger partial charge is 0.360 e. The van der Waals surface area contributed by atoms with Crippen LogP contribution in [-0.4, -0.2) is 81.8 Å². The van der Waals surface area contributed by atoms with Crippen molar-refractivity contribution >= 4 is 17.7 Å². The molecule has 5 heterocycles. The van der Waals surface area contributed by atoms with Crippen LogP contribution in [-0.2, 0) is 25.7 Å². The average Bonchev–Trinajstić information content (AvgIpc) is 3.37. The van der Waals surface area contributed by atoms with E-state index in [9.17, 15) is 14.4 Å². The van der Waals surface area contributed by atoms with Crippen LogP contribution >= 0.6 is 0 Å². The van der Waals surface area contributed by atoms with Gasteiger partial charge in [0.15, 0.2) is 0 Å². The molecule has 2 bridgehead atoms. The van der Waals surface area contributed by atoms with E-state index in [2.05, 4.69) is 4.98 Å². The Bertz CT molecular complexity index is 880. The summed E-state index contributed by atoms with van der Waals surface area (Å²) < 4.78 is 6.20. The number of hydrogen-bond donors (Lipinski definition) is 0. The highest BCUT2D eigenvalue weighted by Crippen LogP contribution is 2.52. The smallest absolute Gasteiger partial charge is 0.230 e. The van der Waals surface area contributed by atoms with E-state index in [4.69, 9.17) is 4.74 Å². The lowest BCUT2D eigenvalue weighted by Gasteiger charge is -2.37. The molecular formula is C21H24N4O4. The van der Waals surface area contributed by atoms with E-state index in [1.807, 2.05) is 24.3 Å². The third kappa shape index (κ3) is 2.85. The van der Waals surface area contributed by atoms with Crippen LogP contribution in [0.4, 0.5) is 0 Å². The highest BCUT2D eigenvalue weighted by Gasteiger charge is 2.67. The van der Waals surface area contributed by atoms with Crippen LogP contribution in [0.25, 0.3) is 0 Å². The van der Waals surface area contributed by atoms with Crippen LogP contribution in [0.3, 0.4) is 0 Å². The van der Waals surface area contributed by atoms with Crippen LogP contribution in [0.1, 0.15) is 12.5 Å². The van der Waals surface area contributed by atoms with Crippen molar-refractivity contribution in [2.75, 3.05) is 32.7 Å². The molecule has 5 rings (SSSR count). The van der Waals surface area contributed by atoms with Gasteiger partial charge >= 0.3 is 0 Å². The molecule has 8 nitrogen and oxygen atoms in total. The Morgan fingerprint density at radius 3 is 2.69 bits per heavy atom. The molecular weight excluding hydrogens is 372 g/mol. The predicted molar refractivity (Wildman–Crippen MR) is 102 cm³/mol. The molecule has 4 aliphatic rings. The summed E-state index contributed by atoms with van der Waals surface area (Å²) in [7, 11) is 0. The van der Waals surface area contributed by atoms with Crippen LogP contribution in [0.2, 0.25) is 0 Å². The third-order valence-corrected chi connectivity index (χ3v) is 6.60. The first-order valence-corrected chi connectivity index (χ1v) is 10.1. The molecule has 0 aromatic carbocycles. The molecule has 1 aromatic heterocycles. The van der Waals surface area contributed by atoms with E-state index in [1.165, 1.54) is 0 Å². The first-order valence-electron chi connectivity index (χ1n) is 10.1. The second-order valence-corrected chi connectivity index (χ2v) is 8.29. The molecule has 3 amide bonds. The zero-order valence-electron chi connectivity index (χ0n) is 16.4. The minimum absolute atomic E-state index is 0.0265. The molecule has 1 spiro atoms. The zero-order chi connectivity index (χ0) is 20.2. The minimum Gasteiger partial charge on any atom is -0.360 e. The molecule has 8 heteroatoms. The molecule has 4 atom stereocenters. The molecule has 3 saturated heterocycles. The predicted octanol–water partition coefficient (Wildman–Crippen LogP) is 0.0543. The Morgan fingerprint density at radius 1 is 1.24 bits per heavy atom. The number of amides is 3. The Kier molecular flexibility index (Phi) is 4.20. The van der Waals surface area contributed by atoms with Crippen molar-refractivity contribution in [3.8, 4) is 0 Å². The van der Waals surface area contributed by atoms with E-state index in [-0.39, 0.29) is 23.8 Å². The number of hydrogen-bond acceptors (Lipinski definition) is 5. The van der Waals surface area contributed by atoms with Crippen LogP contribution in [0.5, 0.6) is 0 Å². The van der Waals surface area contributed by atoms with Crippen molar-refractivity contribution in [3.05, 3.63) is 42.2 Å². The quantitative estimate of drug-likeness (QED) is 0.675. The Hall–Kier alpha value is -2.74.